The third kappa shape index (κ3) is 3.96. The minimum atomic E-state index is -0.702. The SMILES string of the molecule is C=CCOc1c(Br)cc(/C=C2\C(=O)NC(=O)N(C3CCCC3)C2=O)cc1OC. The minimum Gasteiger partial charge on any atom is -0.493 e. The molecule has 1 saturated heterocycles. The highest BCUT2D eigenvalue weighted by Crippen LogP contribution is 2.37. The fraction of sp³-hybridized carbons (Fsp3) is 0.350. The number of barbiturate groups is 1. The molecule has 1 saturated carbocycles. The molecule has 1 N–H and O–H groups in total. The molecular formula is C20H21BrN2O5. The van der Waals surface area contributed by atoms with Crippen molar-refractivity contribution in [2.45, 2.75) is 31.7 Å². The van der Waals surface area contributed by atoms with Crippen molar-refractivity contribution in [3.05, 3.63) is 40.4 Å². The smallest absolute Gasteiger partial charge is 0.331 e. The lowest BCUT2D eigenvalue weighted by Gasteiger charge is -2.31. The molecule has 0 spiro atoms. The van der Waals surface area contributed by atoms with Crippen molar-refractivity contribution in [3.8, 4) is 11.5 Å². The Hall–Kier alpha value is -2.61. The lowest BCUT2D eigenvalue weighted by Crippen LogP contribution is -2.57. The van der Waals surface area contributed by atoms with Gasteiger partial charge in [-0.1, -0.05) is 25.5 Å². The van der Waals surface area contributed by atoms with Crippen LogP contribution in [0, 0.1) is 0 Å². The van der Waals surface area contributed by atoms with E-state index in [4.69, 9.17) is 9.47 Å². The molecule has 0 unspecified atom stereocenters. The predicted molar refractivity (Wildman–Crippen MR) is 107 cm³/mol. The summed E-state index contributed by atoms with van der Waals surface area (Å²) in [7, 11) is 1.50. The first-order valence-electron chi connectivity index (χ1n) is 8.98. The van der Waals surface area contributed by atoms with Crippen molar-refractivity contribution in [2.24, 2.45) is 0 Å². The maximum Gasteiger partial charge on any atom is 0.331 e. The van der Waals surface area contributed by atoms with Gasteiger partial charge in [-0.05, 0) is 52.5 Å². The van der Waals surface area contributed by atoms with Crippen molar-refractivity contribution in [2.75, 3.05) is 13.7 Å². The van der Waals surface area contributed by atoms with Gasteiger partial charge in [-0.15, -0.1) is 0 Å². The van der Waals surface area contributed by atoms with Crippen LogP contribution in [0.15, 0.2) is 34.8 Å². The van der Waals surface area contributed by atoms with Crippen molar-refractivity contribution in [1.29, 1.82) is 0 Å². The summed E-state index contributed by atoms with van der Waals surface area (Å²) in [5.41, 5.74) is 0.481. The van der Waals surface area contributed by atoms with Gasteiger partial charge in [0.1, 0.15) is 12.2 Å². The van der Waals surface area contributed by atoms with E-state index in [0.717, 1.165) is 25.7 Å². The van der Waals surface area contributed by atoms with Gasteiger partial charge in [-0.3, -0.25) is 19.8 Å². The number of rotatable bonds is 6. The van der Waals surface area contributed by atoms with Gasteiger partial charge in [-0.2, -0.15) is 0 Å². The van der Waals surface area contributed by atoms with E-state index >= 15 is 0 Å². The third-order valence-electron chi connectivity index (χ3n) is 4.73. The molecule has 7 nitrogen and oxygen atoms in total. The summed E-state index contributed by atoms with van der Waals surface area (Å²) in [6.45, 7) is 3.91. The second kappa shape index (κ2) is 8.60. The number of hydrogen-bond acceptors (Lipinski definition) is 5. The number of benzene rings is 1. The Morgan fingerprint density at radius 1 is 1.29 bits per heavy atom. The number of imide groups is 2. The first-order chi connectivity index (χ1) is 13.5. The van der Waals surface area contributed by atoms with Crippen LogP contribution in [0.2, 0.25) is 0 Å². The Bertz CT molecular complexity index is 858. The zero-order valence-electron chi connectivity index (χ0n) is 15.5. The Labute approximate surface area is 171 Å². The van der Waals surface area contributed by atoms with E-state index in [1.807, 2.05) is 0 Å². The van der Waals surface area contributed by atoms with E-state index in [9.17, 15) is 14.4 Å². The molecule has 2 aliphatic rings. The van der Waals surface area contributed by atoms with E-state index in [1.54, 1.807) is 18.2 Å². The quantitative estimate of drug-likeness (QED) is 0.409. The van der Waals surface area contributed by atoms with E-state index in [1.165, 1.54) is 18.1 Å². The second-order valence-corrected chi connectivity index (χ2v) is 7.42. The van der Waals surface area contributed by atoms with Crippen LogP contribution in [0.4, 0.5) is 4.79 Å². The summed E-state index contributed by atoms with van der Waals surface area (Å²) < 4.78 is 11.5. The fourth-order valence-electron chi connectivity index (χ4n) is 3.44. The number of carbonyl (C=O) groups excluding carboxylic acids is 3. The van der Waals surface area contributed by atoms with E-state index in [-0.39, 0.29) is 11.6 Å². The van der Waals surface area contributed by atoms with Crippen LogP contribution >= 0.6 is 15.9 Å². The van der Waals surface area contributed by atoms with Crippen LogP contribution in [0.1, 0.15) is 31.2 Å². The molecule has 1 aromatic rings. The molecule has 8 heteroatoms. The van der Waals surface area contributed by atoms with Crippen molar-refractivity contribution < 1.29 is 23.9 Å². The number of halogens is 1. The highest BCUT2D eigenvalue weighted by molar-refractivity contribution is 9.10. The highest BCUT2D eigenvalue weighted by atomic mass is 79.9. The summed E-state index contributed by atoms with van der Waals surface area (Å²) in [4.78, 5) is 38.6. The molecule has 3 rings (SSSR count). The summed E-state index contributed by atoms with van der Waals surface area (Å²) in [5.74, 6) is -0.337. The van der Waals surface area contributed by atoms with Gasteiger partial charge >= 0.3 is 6.03 Å². The lowest BCUT2D eigenvalue weighted by atomic mass is 10.0. The largest absolute Gasteiger partial charge is 0.493 e. The zero-order valence-corrected chi connectivity index (χ0v) is 17.1. The normalized spacial score (nSPS) is 19.1. The molecular weight excluding hydrogens is 428 g/mol. The number of nitrogens with one attached hydrogen (secondary N) is 1. The molecule has 4 amide bonds. The molecule has 0 radical (unpaired) electrons. The predicted octanol–water partition coefficient (Wildman–Crippen LogP) is 3.43. The number of ether oxygens (including phenoxy) is 2. The molecule has 28 heavy (non-hydrogen) atoms. The summed E-state index contributed by atoms with van der Waals surface area (Å²) >= 11 is 3.42. The fourth-order valence-corrected chi connectivity index (χ4v) is 4.01. The Kier molecular flexibility index (Phi) is 6.18. The van der Waals surface area contributed by atoms with Crippen LogP contribution in [-0.2, 0) is 9.59 Å². The molecule has 0 atom stereocenters. The maximum absolute atomic E-state index is 12.9. The van der Waals surface area contributed by atoms with Crippen LogP contribution in [0.3, 0.4) is 0 Å². The summed E-state index contributed by atoms with van der Waals surface area (Å²) in [6, 6.07) is 2.56. The first-order valence-corrected chi connectivity index (χ1v) is 9.77. The van der Waals surface area contributed by atoms with Gasteiger partial charge in [0.15, 0.2) is 11.5 Å². The number of urea groups is 1. The molecule has 0 bridgehead atoms. The minimum absolute atomic E-state index is 0.0831. The van der Waals surface area contributed by atoms with E-state index in [2.05, 4.69) is 27.8 Å². The van der Waals surface area contributed by atoms with E-state index in [0.29, 0.717) is 28.1 Å². The lowest BCUT2D eigenvalue weighted by molar-refractivity contribution is -0.131. The maximum atomic E-state index is 12.9. The van der Waals surface area contributed by atoms with Crippen LogP contribution in [-0.4, -0.2) is 42.5 Å². The molecule has 1 aliphatic carbocycles. The number of methoxy groups -OCH3 is 1. The zero-order chi connectivity index (χ0) is 20.3. The number of amides is 4. The number of carbonyl (C=O) groups is 3. The molecule has 1 aliphatic heterocycles. The molecule has 148 valence electrons. The van der Waals surface area contributed by atoms with Crippen LogP contribution in [0.25, 0.3) is 6.08 Å². The molecule has 1 heterocycles. The van der Waals surface area contributed by atoms with Gasteiger partial charge < -0.3 is 9.47 Å². The van der Waals surface area contributed by atoms with Gasteiger partial charge in [0.25, 0.3) is 11.8 Å². The molecule has 0 aromatic heterocycles. The van der Waals surface area contributed by atoms with Crippen molar-refractivity contribution >= 4 is 39.9 Å². The van der Waals surface area contributed by atoms with Crippen LogP contribution < -0.4 is 14.8 Å². The average Bonchev–Trinajstić information content (AvgIpc) is 3.18. The standard InChI is InChI=1S/C20H21BrN2O5/c1-3-8-28-17-15(21)10-12(11-16(17)27-2)9-14-18(24)22-20(26)23(19(14)25)13-6-4-5-7-13/h3,9-11,13H,1,4-8H2,2H3,(H,22,24,26)/b14-9+. The highest BCUT2D eigenvalue weighted by Gasteiger charge is 2.40. The topological polar surface area (TPSA) is 84.9 Å². The van der Waals surface area contributed by atoms with Gasteiger partial charge in [0, 0.05) is 6.04 Å². The second-order valence-electron chi connectivity index (χ2n) is 6.56. The van der Waals surface area contributed by atoms with Gasteiger partial charge in [0.2, 0.25) is 0 Å². The van der Waals surface area contributed by atoms with Gasteiger partial charge in [-0.25, -0.2) is 4.79 Å². The Morgan fingerprint density at radius 2 is 2.00 bits per heavy atom. The Morgan fingerprint density at radius 3 is 2.64 bits per heavy atom. The summed E-state index contributed by atoms with van der Waals surface area (Å²) in [5, 5.41) is 2.27. The Balaban J connectivity index is 1.95. The molecule has 2 fully saturated rings. The monoisotopic (exact) mass is 448 g/mol. The number of hydrogen-bond donors (Lipinski definition) is 1. The van der Waals surface area contributed by atoms with Crippen LogP contribution in [0.5, 0.6) is 11.5 Å². The molecule has 1 aromatic carbocycles. The van der Waals surface area contributed by atoms with E-state index < -0.39 is 17.8 Å². The average molecular weight is 449 g/mol. The van der Waals surface area contributed by atoms with Crippen molar-refractivity contribution in [3.63, 3.8) is 0 Å². The third-order valence-corrected chi connectivity index (χ3v) is 5.32. The van der Waals surface area contributed by atoms with Gasteiger partial charge in [0.05, 0.1) is 11.6 Å². The summed E-state index contributed by atoms with van der Waals surface area (Å²) in [6.07, 6.45) is 6.51. The van der Waals surface area contributed by atoms with Crippen molar-refractivity contribution in [1.82, 2.24) is 10.2 Å². The number of nitrogens with zero attached hydrogens (tertiary/aromatic N) is 1. The first kappa shape index (κ1) is 20.1.